The molecule has 0 aliphatic rings. The van der Waals surface area contributed by atoms with Crippen molar-refractivity contribution in [3.05, 3.63) is 115 Å². The number of carbonyl (C=O) groups excluding carboxylic acids is 1. The summed E-state index contributed by atoms with van der Waals surface area (Å²) < 4.78 is 39.4. The molecule has 172 valence electrons. The van der Waals surface area contributed by atoms with Crippen LogP contribution in [0.15, 0.2) is 114 Å². The van der Waals surface area contributed by atoms with E-state index in [-0.39, 0.29) is 10.5 Å². The van der Waals surface area contributed by atoms with E-state index >= 15 is 0 Å². The van der Waals surface area contributed by atoms with E-state index in [1.165, 1.54) is 19.2 Å². The Morgan fingerprint density at radius 3 is 2.12 bits per heavy atom. The van der Waals surface area contributed by atoms with E-state index in [4.69, 9.17) is 9.47 Å². The lowest BCUT2D eigenvalue weighted by Gasteiger charge is -2.21. The molecule has 0 fully saturated rings. The van der Waals surface area contributed by atoms with Crippen LogP contribution in [0.5, 0.6) is 11.5 Å². The highest BCUT2D eigenvalue weighted by Gasteiger charge is 2.28. The van der Waals surface area contributed by atoms with Crippen LogP contribution < -0.4 is 14.2 Å². The molecular weight excluding hydrogens is 450 g/mol. The fourth-order valence-electron chi connectivity index (χ4n) is 3.49. The van der Waals surface area contributed by atoms with Crippen LogP contribution in [-0.2, 0) is 14.8 Å². The summed E-state index contributed by atoms with van der Waals surface area (Å²) in [5.74, 6) is 0.137. The summed E-state index contributed by atoms with van der Waals surface area (Å²) in [6.45, 7) is 3.87. The number of esters is 1. The summed E-state index contributed by atoms with van der Waals surface area (Å²) in [7, 11) is -2.49. The summed E-state index contributed by atoms with van der Waals surface area (Å²) in [5.41, 5.74) is 0.511. The van der Waals surface area contributed by atoms with Gasteiger partial charge in [0.2, 0.25) is 10.0 Å². The van der Waals surface area contributed by atoms with Gasteiger partial charge in [-0.3, -0.25) is 0 Å². The SMILES string of the molecule is C=C(C(=O)Oc1ccc2ccccc2c1)[C@H](NS(=O)(=O)c1ccc(OC)cc1)c1ccccc1. The van der Waals surface area contributed by atoms with Gasteiger partial charge >= 0.3 is 5.97 Å². The van der Waals surface area contributed by atoms with E-state index < -0.39 is 22.0 Å². The fraction of sp³-hybridized carbons (Fsp3) is 0.0741. The van der Waals surface area contributed by atoms with E-state index in [1.54, 1.807) is 54.6 Å². The molecule has 0 spiro atoms. The van der Waals surface area contributed by atoms with Crippen LogP contribution in [-0.4, -0.2) is 21.5 Å². The van der Waals surface area contributed by atoms with Crippen LogP contribution in [0.3, 0.4) is 0 Å². The number of nitrogens with one attached hydrogen (secondary N) is 1. The summed E-state index contributed by atoms with van der Waals surface area (Å²) in [6.07, 6.45) is 0. The highest BCUT2D eigenvalue weighted by atomic mass is 32.2. The van der Waals surface area contributed by atoms with Crippen molar-refractivity contribution in [2.24, 2.45) is 0 Å². The van der Waals surface area contributed by atoms with Crippen LogP contribution in [0.25, 0.3) is 10.8 Å². The highest BCUT2D eigenvalue weighted by Crippen LogP contribution is 2.27. The van der Waals surface area contributed by atoms with Gasteiger partial charge in [-0.2, -0.15) is 4.72 Å². The van der Waals surface area contributed by atoms with Gasteiger partial charge in [-0.15, -0.1) is 0 Å². The molecule has 0 heterocycles. The summed E-state index contributed by atoms with van der Waals surface area (Å²) >= 11 is 0. The Hall–Kier alpha value is -3.94. The Balaban J connectivity index is 1.60. The monoisotopic (exact) mass is 473 g/mol. The van der Waals surface area contributed by atoms with Gasteiger partial charge in [0.25, 0.3) is 0 Å². The first-order valence-electron chi connectivity index (χ1n) is 10.5. The Bertz CT molecular complexity index is 1430. The predicted molar refractivity (Wildman–Crippen MR) is 131 cm³/mol. The Labute approximate surface area is 198 Å². The van der Waals surface area contributed by atoms with E-state index in [0.717, 1.165) is 10.8 Å². The molecule has 1 N–H and O–H groups in total. The third kappa shape index (κ3) is 5.17. The lowest BCUT2D eigenvalue weighted by atomic mass is 10.0. The van der Waals surface area contributed by atoms with Gasteiger partial charge in [0.05, 0.1) is 23.6 Å². The number of sulfonamides is 1. The van der Waals surface area contributed by atoms with Crippen molar-refractivity contribution < 1.29 is 22.7 Å². The number of methoxy groups -OCH3 is 1. The van der Waals surface area contributed by atoms with Crippen molar-refractivity contribution in [2.45, 2.75) is 10.9 Å². The zero-order valence-corrected chi connectivity index (χ0v) is 19.3. The van der Waals surface area contributed by atoms with Gasteiger partial charge in [0, 0.05) is 0 Å². The second kappa shape index (κ2) is 9.91. The molecular formula is C27H23NO5S. The van der Waals surface area contributed by atoms with Crippen molar-refractivity contribution >= 4 is 26.8 Å². The molecule has 34 heavy (non-hydrogen) atoms. The number of hydrogen-bond donors (Lipinski definition) is 1. The van der Waals surface area contributed by atoms with Crippen molar-refractivity contribution in [1.82, 2.24) is 4.72 Å². The lowest BCUT2D eigenvalue weighted by molar-refractivity contribution is -0.130. The maximum atomic E-state index is 13.1. The topological polar surface area (TPSA) is 81.7 Å². The highest BCUT2D eigenvalue weighted by molar-refractivity contribution is 7.89. The van der Waals surface area contributed by atoms with E-state index in [0.29, 0.717) is 17.1 Å². The molecule has 4 aromatic rings. The molecule has 1 atom stereocenters. The second-order valence-corrected chi connectivity index (χ2v) is 9.28. The first kappa shape index (κ1) is 23.2. The maximum absolute atomic E-state index is 13.1. The summed E-state index contributed by atoms with van der Waals surface area (Å²) in [5, 5.41) is 1.92. The minimum Gasteiger partial charge on any atom is -0.497 e. The van der Waals surface area contributed by atoms with Gasteiger partial charge in [-0.25, -0.2) is 13.2 Å². The number of rotatable bonds is 8. The molecule has 0 aromatic heterocycles. The summed E-state index contributed by atoms with van der Waals surface area (Å²) in [6, 6.07) is 26.7. The quantitative estimate of drug-likeness (QED) is 0.221. The van der Waals surface area contributed by atoms with Gasteiger partial charge in [0.1, 0.15) is 11.5 Å². The van der Waals surface area contributed by atoms with Crippen molar-refractivity contribution in [1.29, 1.82) is 0 Å². The van der Waals surface area contributed by atoms with Gasteiger partial charge in [-0.1, -0.05) is 67.2 Å². The second-order valence-electron chi connectivity index (χ2n) is 7.56. The van der Waals surface area contributed by atoms with Crippen molar-refractivity contribution in [3.8, 4) is 11.5 Å². The number of benzene rings is 4. The van der Waals surface area contributed by atoms with Gasteiger partial charge < -0.3 is 9.47 Å². The van der Waals surface area contributed by atoms with Crippen LogP contribution in [0.1, 0.15) is 11.6 Å². The first-order chi connectivity index (χ1) is 16.4. The maximum Gasteiger partial charge on any atom is 0.340 e. The zero-order chi connectivity index (χ0) is 24.1. The summed E-state index contributed by atoms with van der Waals surface area (Å²) in [4.78, 5) is 13.0. The number of ether oxygens (including phenoxy) is 2. The van der Waals surface area contributed by atoms with Crippen LogP contribution >= 0.6 is 0 Å². The molecule has 4 aromatic carbocycles. The number of fused-ring (bicyclic) bond motifs is 1. The van der Waals surface area contributed by atoms with E-state index in [9.17, 15) is 13.2 Å². The lowest BCUT2D eigenvalue weighted by Crippen LogP contribution is -2.32. The minimum atomic E-state index is -3.99. The molecule has 0 aliphatic carbocycles. The first-order valence-corrected chi connectivity index (χ1v) is 12.0. The van der Waals surface area contributed by atoms with Gasteiger partial charge in [0.15, 0.2) is 0 Å². The number of hydrogen-bond acceptors (Lipinski definition) is 5. The molecule has 4 rings (SSSR count). The Kier molecular flexibility index (Phi) is 6.77. The Morgan fingerprint density at radius 1 is 0.824 bits per heavy atom. The molecule has 6 nitrogen and oxygen atoms in total. The van der Waals surface area contributed by atoms with Gasteiger partial charge in [-0.05, 0) is 52.7 Å². The normalized spacial score (nSPS) is 12.1. The predicted octanol–water partition coefficient (Wildman–Crippen LogP) is 5.03. The molecule has 0 unspecified atom stereocenters. The van der Waals surface area contributed by atoms with E-state index in [2.05, 4.69) is 11.3 Å². The molecule has 0 saturated heterocycles. The van der Waals surface area contributed by atoms with Crippen LogP contribution in [0.2, 0.25) is 0 Å². The molecule has 0 amide bonds. The third-order valence-corrected chi connectivity index (χ3v) is 6.76. The van der Waals surface area contributed by atoms with Crippen LogP contribution in [0.4, 0.5) is 0 Å². The molecule has 0 radical (unpaired) electrons. The molecule has 0 aliphatic heterocycles. The van der Waals surface area contributed by atoms with E-state index in [1.807, 2.05) is 30.3 Å². The molecule has 0 bridgehead atoms. The zero-order valence-electron chi connectivity index (χ0n) is 18.5. The Morgan fingerprint density at radius 2 is 1.44 bits per heavy atom. The minimum absolute atomic E-state index is 0.0323. The average Bonchev–Trinajstić information content (AvgIpc) is 2.87. The fourth-order valence-corrected chi connectivity index (χ4v) is 4.70. The van der Waals surface area contributed by atoms with Crippen molar-refractivity contribution in [2.75, 3.05) is 7.11 Å². The molecule has 7 heteroatoms. The largest absolute Gasteiger partial charge is 0.497 e. The smallest absolute Gasteiger partial charge is 0.340 e. The average molecular weight is 474 g/mol. The van der Waals surface area contributed by atoms with Crippen molar-refractivity contribution in [3.63, 3.8) is 0 Å². The van der Waals surface area contributed by atoms with Crippen LogP contribution in [0, 0.1) is 0 Å². The third-order valence-electron chi connectivity index (χ3n) is 5.32. The standard InChI is InChI=1S/C27H23NO5S/c1-19(27(29)33-24-13-12-20-8-6-7-11-22(20)18-24)26(21-9-4-3-5-10-21)28-34(30,31)25-16-14-23(32-2)15-17-25/h3-18,26,28H,1H2,2H3/t26-/m0/s1. The molecule has 0 saturated carbocycles. The number of carbonyl (C=O) groups is 1.